The summed E-state index contributed by atoms with van der Waals surface area (Å²) >= 11 is 6.12. The summed E-state index contributed by atoms with van der Waals surface area (Å²) in [6, 6.07) is 7.38. The van der Waals surface area contributed by atoms with Crippen molar-refractivity contribution in [3.8, 4) is 23.0 Å². The number of carbonyl (C=O) groups excluding carboxylic acids is 3. The lowest BCUT2D eigenvalue weighted by Gasteiger charge is -2.13. The van der Waals surface area contributed by atoms with Crippen molar-refractivity contribution in [1.29, 1.82) is 0 Å². The van der Waals surface area contributed by atoms with Gasteiger partial charge in [-0.2, -0.15) is 0 Å². The van der Waals surface area contributed by atoms with Crippen molar-refractivity contribution in [2.75, 3.05) is 33.5 Å². The zero-order chi connectivity index (χ0) is 22.4. The fraction of sp³-hybridized carbons (Fsp3) is 0.286. The standard InChI is InChI=1S/C21H20ClNO8/c1-27-18-9-13(7-14(22)20(18)30-11-19(23)25)21(26)31-10-15(24)12-3-4-16-17(8-12)29-6-2-5-28-16/h3-4,7-9H,2,5-6,10-11H2,1H3,(H2,23,25). The predicted octanol–water partition coefficient (Wildman–Crippen LogP) is 2.41. The molecule has 1 aliphatic rings. The molecule has 9 nitrogen and oxygen atoms in total. The molecule has 0 atom stereocenters. The molecule has 0 bridgehead atoms. The van der Waals surface area contributed by atoms with Gasteiger partial charge in [0.1, 0.15) is 0 Å². The molecule has 1 amide bonds. The Morgan fingerprint density at radius 3 is 2.48 bits per heavy atom. The molecule has 3 rings (SSSR count). The van der Waals surface area contributed by atoms with Gasteiger partial charge in [-0.3, -0.25) is 9.59 Å². The average Bonchev–Trinajstić information content (AvgIpc) is 3.00. The quantitative estimate of drug-likeness (QED) is 0.481. The number of benzene rings is 2. The van der Waals surface area contributed by atoms with Crippen molar-refractivity contribution in [3.63, 3.8) is 0 Å². The monoisotopic (exact) mass is 449 g/mol. The third kappa shape index (κ3) is 5.58. The van der Waals surface area contributed by atoms with Gasteiger partial charge in [-0.25, -0.2) is 4.79 Å². The molecule has 1 heterocycles. The fourth-order valence-corrected chi connectivity index (χ4v) is 3.02. The van der Waals surface area contributed by atoms with Crippen LogP contribution in [0, 0.1) is 0 Å². The zero-order valence-electron chi connectivity index (χ0n) is 16.6. The van der Waals surface area contributed by atoms with E-state index in [1.54, 1.807) is 18.2 Å². The van der Waals surface area contributed by atoms with Gasteiger partial charge in [0.15, 0.2) is 42.0 Å². The van der Waals surface area contributed by atoms with Crippen LogP contribution in [0.2, 0.25) is 5.02 Å². The lowest BCUT2D eigenvalue weighted by Crippen LogP contribution is -2.20. The van der Waals surface area contributed by atoms with Gasteiger partial charge in [0.05, 0.1) is 30.9 Å². The number of hydrogen-bond donors (Lipinski definition) is 1. The maximum absolute atomic E-state index is 12.5. The van der Waals surface area contributed by atoms with E-state index in [0.717, 1.165) is 6.42 Å². The first-order valence-corrected chi connectivity index (χ1v) is 9.65. The van der Waals surface area contributed by atoms with Crippen molar-refractivity contribution in [3.05, 3.63) is 46.5 Å². The molecular formula is C21H20ClNO8. The summed E-state index contributed by atoms with van der Waals surface area (Å²) in [5.74, 6) is -0.704. The minimum absolute atomic E-state index is 0.0155. The molecule has 0 radical (unpaired) electrons. The number of esters is 1. The second-order valence-electron chi connectivity index (χ2n) is 6.46. The Morgan fingerprint density at radius 1 is 1.03 bits per heavy atom. The molecule has 10 heteroatoms. The number of halogens is 1. The highest BCUT2D eigenvalue weighted by Gasteiger charge is 2.20. The SMILES string of the molecule is COc1cc(C(=O)OCC(=O)c2ccc3c(c2)OCCCO3)cc(Cl)c1OCC(N)=O. The number of primary amides is 1. The molecule has 31 heavy (non-hydrogen) atoms. The number of methoxy groups -OCH3 is 1. The van der Waals surface area contributed by atoms with Crippen LogP contribution < -0.4 is 24.7 Å². The number of nitrogens with two attached hydrogens (primary N) is 1. The van der Waals surface area contributed by atoms with Crippen molar-refractivity contribution >= 4 is 29.3 Å². The molecule has 0 fully saturated rings. The van der Waals surface area contributed by atoms with E-state index < -0.39 is 30.9 Å². The van der Waals surface area contributed by atoms with Crippen molar-refractivity contribution in [1.82, 2.24) is 0 Å². The predicted molar refractivity (Wildman–Crippen MR) is 109 cm³/mol. The van der Waals surface area contributed by atoms with Crippen molar-refractivity contribution in [2.24, 2.45) is 5.73 Å². The van der Waals surface area contributed by atoms with Crippen LogP contribution in [0.25, 0.3) is 0 Å². The molecule has 2 N–H and O–H groups in total. The highest BCUT2D eigenvalue weighted by Crippen LogP contribution is 2.36. The topological polar surface area (TPSA) is 123 Å². The Labute approximate surface area is 182 Å². The number of fused-ring (bicyclic) bond motifs is 1. The zero-order valence-corrected chi connectivity index (χ0v) is 17.4. The molecular weight excluding hydrogens is 430 g/mol. The average molecular weight is 450 g/mol. The van der Waals surface area contributed by atoms with E-state index in [1.807, 2.05) is 0 Å². The van der Waals surface area contributed by atoms with Gasteiger partial charge in [0.2, 0.25) is 0 Å². The summed E-state index contributed by atoms with van der Waals surface area (Å²) in [5.41, 5.74) is 5.42. The first-order valence-electron chi connectivity index (χ1n) is 9.27. The first-order chi connectivity index (χ1) is 14.9. The Bertz CT molecular complexity index is 1010. The number of amides is 1. The van der Waals surface area contributed by atoms with Crippen molar-refractivity contribution in [2.45, 2.75) is 6.42 Å². The van der Waals surface area contributed by atoms with Gasteiger partial charge < -0.3 is 29.4 Å². The van der Waals surface area contributed by atoms with E-state index in [0.29, 0.717) is 30.3 Å². The van der Waals surface area contributed by atoms with E-state index in [4.69, 9.17) is 41.0 Å². The number of ketones is 1. The molecule has 0 aromatic heterocycles. The summed E-state index contributed by atoms with van der Waals surface area (Å²) in [6.45, 7) is 0.125. The van der Waals surface area contributed by atoms with Gasteiger partial charge in [-0.15, -0.1) is 0 Å². The van der Waals surface area contributed by atoms with E-state index >= 15 is 0 Å². The molecule has 0 aliphatic carbocycles. The Kier molecular flexibility index (Phi) is 7.19. The van der Waals surface area contributed by atoms with E-state index in [1.165, 1.54) is 19.2 Å². The fourth-order valence-electron chi connectivity index (χ4n) is 2.76. The minimum atomic E-state index is -0.788. The van der Waals surface area contributed by atoms with Crippen LogP contribution in [-0.2, 0) is 9.53 Å². The smallest absolute Gasteiger partial charge is 0.338 e. The second-order valence-corrected chi connectivity index (χ2v) is 6.86. The minimum Gasteiger partial charge on any atom is -0.493 e. The van der Waals surface area contributed by atoms with Gasteiger partial charge in [0.25, 0.3) is 5.91 Å². The summed E-state index contributed by atoms with van der Waals surface area (Å²) < 4.78 is 26.6. The lowest BCUT2D eigenvalue weighted by molar-refractivity contribution is -0.119. The van der Waals surface area contributed by atoms with Crippen LogP contribution >= 0.6 is 11.6 Å². The number of Topliss-reactive ketones (excluding diaryl/α,β-unsaturated/α-hetero) is 1. The third-order valence-corrected chi connectivity index (χ3v) is 4.51. The van der Waals surface area contributed by atoms with Gasteiger partial charge in [0, 0.05) is 12.0 Å². The summed E-state index contributed by atoms with van der Waals surface area (Å²) in [6.07, 6.45) is 0.744. The Balaban J connectivity index is 1.67. The molecule has 1 aliphatic heterocycles. The second kappa shape index (κ2) is 10.0. The molecule has 0 saturated carbocycles. The summed E-state index contributed by atoms with van der Waals surface area (Å²) in [4.78, 5) is 35.8. The van der Waals surface area contributed by atoms with Crippen LogP contribution in [0.4, 0.5) is 0 Å². The number of rotatable bonds is 8. The summed E-state index contributed by atoms with van der Waals surface area (Å²) in [5, 5.41) is 0.0155. The maximum atomic E-state index is 12.5. The normalized spacial score (nSPS) is 12.5. The highest BCUT2D eigenvalue weighted by molar-refractivity contribution is 6.32. The molecule has 0 unspecified atom stereocenters. The Morgan fingerprint density at radius 2 is 1.77 bits per heavy atom. The van der Waals surface area contributed by atoms with E-state index in [9.17, 15) is 14.4 Å². The lowest BCUT2D eigenvalue weighted by atomic mass is 10.1. The largest absolute Gasteiger partial charge is 0.493 e. The van der Waals surface area contributed by atoms with E-state index in [2.05, 4.69) is 0 Å². The van der Waals surface area contributed by atoms with Crippen LogP contribution in [0.15, 0.2) is 30.3 Å². The van der Waals surface area contributed by atoms with Crippen molar-refractivity contribution < 1.29 is 38.1 Å². The maximum Gasteiger partial charge on any atom is 0.338 e. The van der Waals surface area contributed by atoms with Gasteiger partial charge >= 0.3 is 5.97 Å². The third-order valence-electron chi connectivity index (χ3n) is 4.23. The molecule has 0 saturated heterocycles. The van der Waals surface area contributed by atoms with Crippen LogP contribution in [-0.4, -0.2) is 51.2 Å². The highest BCUT2D eigenvalue weighted by atomic mass is 35.5. The number of carbonyl (C=O) groups is 3. The van der Waals surface area contributed by atoms with Gasteiger partial charge in [-0.05, 0) is 30.3 Å². The van der Waals surface area contributed by atoms with E-state index in [-0.39, 0.29) is 22.1 Å². The molecule has 2 aromatic carbocycles. The summed E-state index contributed by atoms with van der Waals surface area (Å²) in [7, 11) is 1.34. The molecule has 164 valence electrons. The number of hydrogen-bond acceptors (Lipinski definition) is 8. The van der Waals surface area contributed by atoms with Gasteiger partial charge in [-0.1, -0.05) is 11.6 Å². The molecule has 2 aromatic rings. The van der Waals surface area contributed by atoms with Crippen LogP contribution in [0.1, 0.15) is 27.1 Å². The van der Waals surface area contributed by atoms with Crippen LogP contribution in [0.5, 0.6) is 23.0 Å². The number of ether oxygens (including phenoxy) is 5. The van der Waals surface area contributed by atoms with Crippen LogP contribution in [0.3, 0.4) is 0 Å². The molecule has 0 spiro atoms. The first kappa shape index (κ1) is 22.2. The Hall–Kier alpha value is -3.46.